The Morgan fingerprint density at radius 1 is 1.28 bits per heavy atom. The Kier molecular flexibility index (Phi) is 3.57. The van der Waals surface area contributed by atoms with Crippen molar-refractivity contribution in [2.75, 3.05) is 14.1 Å². The lowest BCUT2D eigenvalue weighted by Crippen LogP contribution is -2.03. The Labute approximate surface area is 106 Å². The van der Waals surface area contributed by atoms with Gasteiger partial charge in [0.1, 0.15) is 11.5 Å². The molecule has 1 aromatic carbocycles. The molecule has 4 nitrogen and oxygen atoms in total. The number of aromatic nitrogens is 2. The van der Waals surface area contributed by atoms with E-state index in [1.54, 1.807) is 12.4 Å². The molecule has 2 rings (SSSR count). The fourth-order valence-corrected chi connectivity index (χ4v) is 1.50. The number of ketones is 1. The minimum absolute atomic E-state index is 0.0848. The lowest BCUT2D eigenvalue weighted by atomic mass is 10.2. The molecule has 4 heteroatoms. The highest BCUT2D eigenvalue weighted by atomic mass is 16.1. The number of H-pyrrole nitrogens is 1. The van der Waals surface area contributed by atoms with Crippen LogP contribution in [0.1, 0.15) is 10.5 Å². The first-order chi connectivity index (χ1) is 8.66. The van der Waals surface area contributed by atoms with Crippen molar-refractivity contribution in [2.24, 2.45) is 0 Å². The molecule has 0 aliphatic rings. The summed E-state index contributed by atoms with van der Waals surface area (Å²) in [5, 5.41) is 0. The molecule has 0 saturated heterocycles. The average molecular weight is 241 g/mol. The molecule has 0 radical (unpaired) electrons. The SMILES string of the molecule is CN(C)C=CC(=O)c1cnc(-c2ccccc2)[nH]1. The van der Waals surface area contributed by atoms with Crippen LogP contribution in [0.2, 0.25) is 0 Å². The number of aromatic amines is 1. The molecule has 1 N–H and O–H groups in total. The van der Waals surface area contributed by atoms with E-state index in [1.165, 1.54) is 6.08 Å². The molecule has 92 valence electrons. The number of benzene rings is 1. The molecule has 0 fully saturated rings. The van der Waals surface area contributed by atoms with Gasteiger partial charge in [-0.2, -0.15) is 0 Å². The van der Waals surface area contributed by atoms with E-state index in [0.717, 1.165) is 5.56 Å². The highest BCUT2D eigenvalue weighted by molar-refractivity contribution is 6.03. The van der Waals surface area contributed by atoms with E-state index < -0.39 is 0 Å². The van der Waals surface area contributed by atoms with E-state index in [4.69, 9.17) is 0 Å². The molecule has 0 unspecified atom stereocenters. The normalized spacial score (nSPS) is 10.8. The van der Waals surface area contributed by atoms with Gasteiger partial charge in [0, 0.05) is 31.9 Å². The summed E-state index contributed by atoms with van der Waals surface area (Å²) in [4.78, 5) is 20.9. The topological polar surface area (TPSA) is 49.0 Å². The van der Waals surface area contributed by atoms with Crippen LogP contribution in [0, 0.1) is 0 Å². The zero-order chi connectivity index (χ0) is 13.0. The van der Waals surface area contributed by atoms with E-state index in [-0.39, 0.29) is 5.78 Å². The predicted molar refractivity (Wildman–Crippen MR) is 71.2 cm³/mol. The molecule has 18 heavy (non-hydrogen) atoms. The second-order valence-electron chi connectivity index (χ2n) is 4.16. The highest BCUT2D eigenvalue weighted by Crippen LogP contribution is 2.14. The van der Waals surface area contributed by atoms with Crippen LogP contribution in [0.25, 0.3) is 11.4 Å². The van der Waals surface area contributed by atoms with Crippen molar-refractivity contribution in [1.82, 2.24) is 14.9 Å². The molecule has 0 amide bonds. The van der Waals surface area contributed by atoms with Gasteiger partial charge in [-0.1, -0.05) is 30.3 Å². The zero-order valence-corrected chi connectivity index (χ0v) is 10.4. The second-order valence-corrected chi connectivity index (χ2v) is 4.16. The van der Waals surface area contributed by atoms with Crippen LogP contribution in [-0.4, -0.2) is 34.7 Å². The average Bonchev–Trinajstić information content (AvgIpc) is 2.86. The largest absolute Gasteiger partial charge is 0.383 e. The number of carbonyl (C=O) groups is 1. The van der Waals surface area contributed by atoms with Crippen LogP contribution in [0.4, 0.5) is 0 Å². The maximum atomic E-state index is 11.8. The molecule has 1 aromatic heterocycles. The maximum Gasteiger partial charge on any atom is 0.205 e. The lowest BCUT2D eigenvalue weighted by Gasteiger charge is -2.01. The number of allylic oxidation sites excluding steroid dienone is 1. The Hall–Kier alpha value is -2.36. The second kappa shape index (κ2) is 5.31. The third-order valence-corrected chi connectivity index (χ3v) is 2.41. The van der Waals surface area contributed by atoms with Crippen molar-refractivity contribution in [1.29, 1.82) is 0 Å². The number of imidazole rings is 1. The van der Waals surface area contributed by atoms with Crippen LogP contribution in [0.15, 0.2) is 48.8 Å². The van der Waals surface area contributed by atoms with Crippen LogP contribution in [0.5, 0.6) is 0 Å². The highest BCUT2D eigenvalue weighted by Gasteiger charge is 2.07. The maximum absolute atomic E-state index is 11.8. The number of hydrogen-bond acceptors (Lipinski definition) is 3. The predicted octanol–water partition coefficient (Wildman–Crippen LogP) is 2.33. The van der Waals surface area contributed by atoms with Crippen molar-refractivity contribution in [3.63, 3.8) is 0 Å². The summed E-state index contributed by atoms with van der Waals surface area (Å²) < 4.78 is 0. The van der Waals surface area contributed by atoms with Crippen LogP contribution < -0.4 is 0 Å². The smallest absolute Gasteiger partial charge is 0.205 e. The van der Waals surface area contributed by atoms with Crippen molar-refractivity contribution >= 4 is 5.78 Å². The third-order valence-electron chi connectivity index (χ3n) is 2.41. The molecule has 0 spiro atoms. The summed E-state index contributed by atoms with van der Waals surface area (Å²) in [6.07, 6.45) is 4.79. The van der Waals surface area contributed by atoms with Crippen molar-refractivity contribution < 1.29 is 4.79 Å². The van der Waals surface area contributed by atoms with E-state index >= 15 is 0 Å². The fraction of sp³-hybridized carbons (Fsp3) is 0.143. The van der Waals surface area contributed by atoms with Crippen LogP contribution >= 0.6 is 0 Å². The molecule has 0 aliphatic heterocycles. The molecule has 1 heterocycles. The summed E-state index contributed by atoms with van der Waals surface area (Å²) in [7, 11) is 3.73. The monoisotopic (exact) mass is 241 g/mol. The summed E-state index contributed by atoms with van der Waals surface area (Å²) in [6.45, 7) is 0. The zero-order valence-electron chi connectivity index (χ0n) is 10.4. The Morgan fingerprint density at radius 3 is 2.67 bits per heavy atom. The summed E-state index contributed by atoms with van der Waals surface area (Å²) >= 11 is 0. The van der Waals surface area contributed by atoms with E-state index in [9.17, 15) is 4.79 Å². The Morgan fingerprint density at radius 2 is 2.00 bits per heavy atom. The first kappa shape index (κ1) is 12.1. The standard InChI is InChI=1S/C14H15N3O/c1-17(2)9-8-13(18)12-10-15-14(16-12)11-6-4-3-5-7-11/h3-10H,1-2H3,(H,15,16). The third kappa shape index (κ3) is 2.85. The van der Waals surface area contributed by atoms with Crippen molar-refractivity contribution in [3.8, 4) is 11.4 Å². The van der Waals surface area contributed by atoms with Gasteiger partial charge in [-0.05, 0) is 0 Å². The minimum atomic E-state index is -0.0848. The van der Waals surface area contributed by atoms with Crippen LogP contribution in [0.3, 0.4) is 0 Å². The molecular formula is C14H15N3O. The van der Waals surface area contributed by atoms with Crippen molar-refractivity contribution in [2.45, 2.75) is 0 Å². The van der Waals surface area contributed by atoms with E-state index in [0.29, 0.717) is 11.5 Å². The molecule has 0 atom stereocenters. The van der Waals surface area contributed by atoms with Gasteiger partial charge in [0.05, 0.1) is 6.20 Å². The first-order valence-corrected chi connectivity index (χ1v) is 5.66. The summed E-state index contributed by atoms with van der Waals surface area (Å²) in [5.41, 5.74) is 1.46. The molecule has 0 bridgehead atoms. The van der Waals surface area contributed by atoms with Gasteiger partial charge in [-0.15, -0.1) is 0 Å². The van der Waals surface area contributed by atoms with Gasteiger partial charge in [0.15, 0.2) is 0 Å². The number of hydrogen-bond donors (Lipinski definition) is 1. The van der Waals surface area contributed by atoms with Crippen LogP contribution in [-0.2, 0) is 0 Å². The van der Waals surface area contributed by atoms with Gasteiger partial charge < -0.3 is 9.88 Å². The summed E-state index contributed by atoms with van der Waals surface area (Å²) in [6, 6.07) is 9.71. The Balaban J connectivity index is 2.19. The van der Waals surface area contributed by atoms with Gasteiger partial charge in [-0.3, -0.25) is 4.79 Å². The number of nitrogens with zero attached hydrogens (tertiary/aromatic N) is 2. The van der Waals surface area contributed by atoms with Crippen molar-refractivity contribution in [3.05, 3.63) is 54.5 Å². The lowest BCUT2D eigenvalue weighted by molar-refractivity contribution is 0.104. The quantitative estimate of drug-likeness (QED) is 0.660. The minimum Gasteiger partial charge on any atom is -0.383 e. The molecule has 2 aromatic rings. The fourth-order valence-electron chi connectivity index (χ4n) is 1.50. The molecular weight excluding hydrogens is 226 g/mol. The van der Waals surface area contributed by atoms with Gasteiger partial charge in [0.25, 0.3) is 0 Å². The van der Waals surface area contributed by atoms with Gasteiger partial charge in [0.2, 0.25) is 5.78 Å². The van der Waals surface area contributed by atoms with E-state index in [1.807, 2.05) is 49.3 Å². The number of rotatable bonds is 4. The molecule has 0 saturated carbocycles. The number of nitrogens with one attached hydrogen (secondary N) is 1. The van der Waals surface area contributed by atoms with E-state index in [2.05, 4.69) is 9.97 Å². The Bertz CT molecular complexity index is 555. The summed E-state index contributed by atoms with van der Waals surface area (Å²) in [5.74, 6) is 0.621. The first-order valence-electron chi connectivity index (χ1n) is 5.66. The number of carbonyl (C=O) groups excluding carboxylic acids is 1. The van der Waals surface area contributed by atoms with Gasteiger partial charge in [-0.25, -0.2) is 4.98 Å². The van der Waals surface area contributed by atoms with Gasteiger partial charge >= 0.3 is 0 Å². The molecule has 0 aliphatic carbocycles.